The van der Waals surface area contributed by atoms with E-state index in [1.165, 1.54) is 12.1 Å². The molecule has 1 unspecified atom stereocenters. The molecule has 3 N–H and O–H groups in total. The summed E-state index contributed by atoms with van der Waals surface area (Å²) in [6.07, 6.45) is 1.65. The summed E-state index contributed by atoms with van der Waals surface area (Å²) in [6.45, 7) is 2.78. The van der Waals surface area contributed by atoms with Gasteiger partial charge in [-0.25, -0.2) is 9.37 Å². The Kier molecular flexibility index (Phi) is 4.50. The molecule has 1 atom stereocenters. The van der Waals surface area contributed by atoms with Gasteiger partial charge in [-0.1, -0.05) is 35.0 Å². The van der Waals surface area contributed by atoms with E-state index in [4.69, 9.17) is 5.73 Å². The van der Waals surface area contributed by atoms with Crippen molar-refractivity contribution in [2.75, 3.05) is 12.3 Å². The van der Waals surface area contributed by atoms with Gasteiger partial charge in [-0.05, 0) is 30.3 Å². The molecule has 0 amide bonds. The summed E-state index contributed by atoms with van der Waals surface area (Å²) in [5.74, 6) is 0.203. The average molecular weight is 324 g/mol. The highest BCUT2D eigenvalue weighted by molar-refractivity contribution is 9.10. The van der Waals surface area contributed by atoms with Crippen LogP contribution in [0.25, 0.3) is 0 Å². The maximum absolute atomic E-state index is 13.2. The molecule has 2 aromatic rings. The first-order valence-electron chi connectivity index (χ1n) is 6.02. The van der Waals surface area contributed by atoms with Gasteiger partial charge in [-0.2, -0.15) is 0 Å². The monoisotopic (exact) mass is 323 g/mol. The third kappa shape index (κ3) is 3.11. The molecule has 1 aromatic carbocycles. The second kappa shape index (κ2) is 6.12. The number of nitrogens with two attached hydrogens (primary N) is 1. The van der Waals surface area contributed by atoms with Gasteiger partial charge < -0.3 is 11.1 Å². The zero-order valence-corrected chi connectivity index (χ0v) is 12.1. The summed E-state index contributed by atoms with van der Waals surface area (Å²) < 4.78 is 13.9. The Bertz CT molecular complexity index is 574. The molecule has 100 valence electrons. The molecule has 2 rings (SSSR count). The number of pyridine rings is 1. The number of nitrogens with zero attached hydrogens (tertiary/aromatic N) is 1. The lowest BCUT2D eigenvalue weighted by molar-refractivity contribution is 0.611. The quantitative estimate of drug-likeness (QED) is 0.908. The largest absolute Gasteiger partial charge is 0.383 e. The Morgan fingerprint density at radius 1 is 1.37 bits per heavy atom. The van der Waals surface area contributed by atoms with Crippen LogP contribution >= 0.6 is 15.9 Å². The number of hydrogen-bond acceptors (Lipinski definition) is 3. The number of benzene rings is 1. The summed E-state index contributed by atoms with van der Waals surface area (Å²) in [4.78, 5) is 4.10. The minimum absolute atomic E-state index is 0.117. The number of nitrogens with one attached hydrogen (secondary N) is 1. The number of anilines is 1. The van der Waals surface area contributed by atoms with Crippen molar-refractivity contribution in [2.45, 2.75) is 13.0 Å². The van der Waals surface area contributed by atoms with Crippen molar-refractivity contribution in [3.05, 3.63) is 57.9 Å². The summed E-state index contributed by atoms with van der Waals surface area (Å²) in [5, 5.41) is 3.34. The zero-order valence-electron chi connectivity index (χ0n) is 10.5. The molecule has 0 aliphatic heterocycles. The lowest BCUT2D eigenvalue weighted by atomic mass is 9.99. The fraction of sp³-hybridized carbons (Fsp3) is 0.214. The Morgan fingerprint density at radius 2 is 2.16 bits per heavy atom. The van der Waals surface area contributed by atoms with Crippen LogP contribution in [0.4, 0.5) is 10.2 Å². The van der Waals surface area contributed by atoms with Crippen molar-refractivity contribution >= 4 is 21.7 Å². The predicted molar refractivity (Wildman–Crippen MR) is 78.3 cm³/mol. The Labute approximate surface area is 120 Å². The van der Waals surface area contributed by atoms with Gasteiger partial charge in [0.2, 0.25) is 0 Å². The molecule has 0 saturated carbocycles. The van der Waals surface area contributed by atoms with E-state index in [-0.39, 0.29) is 11.9 Å². The third-order valence-corrected chi connectivity index (χ3v) is 3.55. The van der Waals surface area contributed by atoms with Gasteiger partial charge in [0.15, 0.2) is 0 Å². The summed E-state index contributed by atoms with van der Waals surface area (Å²) in [7, 11) is 0. The molecule has 0 saturated heterocycles. The predicted octanol–water partition coefficient (Wildman–Crippen LogP) is 3.26. The highest BCUT2D eigenvalue weighted by Crippen LogP contribution is 2.31. The summed E-state index contributed by atoms with van der Waals surface area (Å²) in [6, 6.07) is 8.29. The van der Waals surface area contributed by atoms with Crippen LogP contribution in [0.3, 0.4) is 0 Å². The highest BCUT2D eigenvalue weighted by Gasteiger charge is 2.18. The molecule has 5 heteroatoms. The standard InChI is InChI=1S/C14H15BrFN3/c1-2-18-13(11-4-3-7-19-14(11)17)10-6-5-9(16)8-12(10)15/h3-8,13,18H,2H2,1H3,(H2,17,19). The SMILES string of the molecule is CCNC(c1ccc(F)cc1Br)c1cccnc1N. The smallest absolute Gasteiger partial charge is 0.128 e. The van der Waals surface area contributed by atoms with Crippen molar-refractivity contribution in [2.24, 2.45) is 0 Å². The Balaban J connectivity index is 2.48. The van der Waals surface area contributed by atoms with Crippen LogP contribution in [0, 0.1) is 5.82 Å². The molecule has 1 aromatic heterocycles. The summed E-state index contributed by atoms with van der Waals surface area (Å²) >= 11 is 3.40. The van der Waals surface area contributed by atoms with Gasteiger partial charge in [0.1, 0.15) is 11.6 Å². The maximum atomic E-state index is 13.2. The Hall–Kier alpha value is -1.46. The van der Waals surface area contributed by atoms with Gasteiger partial charge in [0.05, 0.1) is 6.04 Å². The van der Waals surface area contributed by atoms with Gasteiger partial charge in [0, 0.05) is 16.2 Å². The van der Waals surface area contributed by atoms with Crippen molar-refractivity contribution < 1.29 is 4.39 Å². The van der Waals surface area contributed by atoms with E-state index in [2.05, 4.69) is 26.2 Å². The third-order valence-electron chi connectivity index (χ3n) is 2.86. The van der Waals surface area contributed by atoms with Crippen molar-refractivity contribution in [3.63, 3.8) is 0 Å². The van der Waals surface area contributed by atoms with E-state index in [1.807, 2.05) is 19.1 Å². The summed E-state index contributed by atoms with van der Waals surface area (Å²) in [5.41, 5.74) is 7.75. The average Bonchev–Trinajstić information content (AvgIpc) is 2.38. The lowest BCUT2D eigenvalue weighted by Crippen LogP contribution is -2.23. The molecule has 1 heterocycles. The van der Waals surface area contributed by atoms with Crippen LogP contribution in [-0.2, 0) is 0 Å². The molecule has 0 spiro atoms. The molecule has 3 nitrogen and oxygen atoms in total. The van der Waals surface area contributed by atoms with E-state index in [0.717, 1.165) is 17.7 Å². The van der Waals surface area contributed by atoms with Gasteiger partial charge >= 0.3 is 0 Å². The normalized spacial score (nSPS) is 12.4. The molecule has 19 heavy (non-hydrogen) atoms. The van der Waals surface area contributed by atoms with Crippen molar-refractivity contribution in [1.29, 1.82) is 0 Å². The maximum Gasteiger partial charge on any atom is 0.128 e. The first kappa shape index (κ1) is 14.0. The molecule has 0 aliphatic rings. The number of halogens is 2. The first-order chi connectivity index (χ1) is 9.13. The zero-order chi connectivity index (χ0) is 13.8. The fourth-order valence-electron chi connectivity index (χ4n) is 2.00. The first-order valence-corrected chi connectivity index (χ1v) is 6.81. The van der Waals surface area contributed by atoms with Crippen molar-refractivity contribution in [1.82, 2.24) is 10.3 Å². The molecule has 0 bridgehead atoms. The minimum Gasteiger partial charge on any atom is -0.383 e. The lowest BCUT2D eigenvalue weighted by Gasteiger charge is -2.21. The van der Waals surface area contributed by atoms with Gasteiger partial charge in [-0.15, -0.1) is 0 Å². The van der Waals surface area contributed by atoms with E-state index in [1.54, 1.807) is 12.3 Å². The van der Waals surface area contributed by atoms with Gasteiger partial charge in [0.25, 0.3) is 0 Å². The molecular weight excluding hydrogens is 309 g/mol. The van der Waals surface area contributed by atoms with Crippen LogP contribution in [-0.4, -0.2) is 11.5 Å². The minimum atomic E-state index is -0.273. The van der Waals surface area contributed by atoms with E-state index >= 15 is 0 Å². The van der Waals surface area contributed by atoms with E-state index in [9.17, 15) is 4.39 Å². The van der Waals surface area contributed by atoms with Crippen LogP contribution in [0.2, 0.25) is 0 Å². The number of aromatic nitrogens is 1. The highest BCUT2D eigenvalue weighted by atomic mass is 79.9. The van der Waals surface area contributed by atoms with Crippen LogP contribution < -0.4 is 11.1 Å². The number of rotatable bonds is 4. The van der Waals surface area contributed by atoms with Gasteiger partial charge in [-0.3, -0.25) is 0 Å². The van der Waals surface area contributed by atoms with Crippen molar-refractivity contribution in [3.8, 4) is 0 Å². The van der Waals surface area contributed by atoms with Crippen LogP contribution in [0.1, 0.15) is 24.1 Å². The van der Waals surface area contributed by atoms with E-state index < -0.39 is 0 Å². The molecule has 0 radical (unpaired) electrons. The van der Waals surface area contributed by atoms with Crippen LogP contribution in [0.15, 0.2) is 41.0 Å². The molecule has 0 aliphatic carbocycles. The molecule has 0 fully saturated rings. The molecular formula is C14H15BrFN3. The fourth-order valence-corrected chi connectivity index (χ4v) is 2.58. The number of hydrogen-bond donors (Lipinski definition) is 2. The second-order valence-corrected chi connectivity index (χ2v) is 4.99. The topological polar surface area (TPSA) is 50.9 Å². The van der Waals surface area contributed by atoms with E-state index in [0.29, 0.717) is 10.3 Å². The van der Waals surface area contributed by atoms with Crippen LogP contribution in [0.5, 0.6) is 0 Å². The Morgan fingerprint density at radius 3 is 2.79 bits per heavy atom. The number of nitrogen functional groups attached to an aromatic ring is 1. The second-order valence-electron chi connectivity index (χ2n) is 4.13.